The molecule has 1 aliphatic heterocycles. The van der Waals surface area contributed by atoms with Crippen molar-refractivity contribution < 1.29 is 4.74 Å². The molecular formula is C46H37NOSi. The third-order valence-electron chi connectivity index (χ3n) is 10.3. The van der Waals surface area contributed by atoms with Crippen molar-refractivity contribution in [2.45, 2.75) is 25.1 Å². The van der Waals surface area contributed by atoms with Crippen LogP contribution < -0.4 is 14.8 Å². The normalized spacial score (nSPS) is 13.5. The van der Waals surface area contributed by atoms with E-state index < -0.39 is 13.5 Å². The summed E-state index contributed by atoms with van der Waals surface area (Å²) < 4.78 is 6.59. The second-order valence-corrected chi connectivity index (χ2v) is 19.2. The summed E-state index contributed by atoms with van der Waals surface area (Å²) in [4.78, 5) is 2.41. The molecule has 0 amide bonds. The SMILES string of the molecule is C[Si](C)(C)c1ccc(N(c2ccc(-c3ccccc3)cc2)c2ccc3c(c2)C2(c4ccccc4Oc4ccccc42)c2ccccc2-3)cc1. The van der Waals surface area contributed by atoms with Crippen LogP contribution in [-0.4, -0.2) is 8.07 Å². The highest BCUT2D eigenvalue weighted by atomic mass is 28.3. The number of anilines is 3. The molecule has 2 nitrogen and oxygen atoms in total. The molecule has 1 heterocycles. The predicted molar refractivity (Wildman–Crippen MR) is 207 cm³/mol. The highest BCUT2D eigenvalue weighted by molar-refractivity contribution is 6.88. The van der Waals surface area contributed by atoms with Gasteiger partial charge in [0.25, 0.3) is 0 Å². The van der Waals surface area contributed by atoms with Gasteiger partial charge in [0.1, 0.15) is 11.5 Å². The fourth-order valence-corrected chi connectivity index (χ4v) is 9.14. The summed E-state index contributed by atoms with van der Waals surface area (Å²) in [6.45, 7) is 7.22. The van der Waals surface area contributed by atoms with Gasteiger partial charge in [0.05, 0.1) is 13.5 Å². The fourth-order valence-electron chi connectivity index (χ4n) is 7.97. The maximum atomic E-state index is 6.59. The van der Waals surface area contributed by atoms with E-state index in [9.17, 15) is 0 Å². The lowest BCUT2D eigenvalue weighted by molar-refractivity contribution is 0.436. The molecule has 0 radical (unpaired) electrons. The van der Waals surface area contributed by atoms with Crippen LogP contribution in [0.4, 0.5) is 17.1 Å². The maximum absolute atomic E-state index is 6.59. The zero-order valence-electron chi connectivity index (χ0n) is 28.0. The van der Waals surface area contributed by atoms with E-state index in [1.807, 2.05) is 0 Å². The van der Waals surface area contributed by atoms with E-state index in [0.717, 1.165) is 28.6 Å². The molecule has 0 saturated heterocycles. The molecule has 49 heavy (non-hydrogen) atoms. The lowest BCUT2D eigenvalue weighted by Crippen LogP contribution is -2.37. The zero-order chi connectivity index (χ0) is 33.2. The fraction of sp³-hybridized carbons (Fsp3) is 0.0870. The average Bonchev–Trinajstić information content (AvgIpc) is 3.42. The number of hydrogen-bond donors (Lipinski definition) is 0. The lowest BCUT2D eigenvalue weighted by Gasteiger charge is -2.39. The molecule has 7 aromatic carbocycles. The van der Waals surface area contributed by atoms with Crippen molar-refractivity contribution >= 4 is 30.3 Å². The highest BCUT2D eigenvalue weighted by Crippen LogP contribution is 2.62. The smallest absolute Gasteiger partial charge is 0.132 e. The summed E-state index contributed by atoms with van der Waals surface area (Å²) in [5.41, 5.74) is 12.8. The lowest BCUT2D eigenvalue weighted by atomic mass is 9.66. The molecular weight excluding hydrogens is 611 g/mol. The number of hydrogen-bond acceptors (Lipinski definition) is 2. The predicted octanol–water partition coefficient (Wildman–Crippen LogP) is 11.8. The molecule has 0 unspecified atom stereocenters. The Bertz CT molecular complexity index is 2290. The molecule has 1 spiro atoms. The molecule has 0 aromatic heterocycles. The van der Waals surface area contributed by atoms with Crippen LogP contribution in [0.15, 0.2) is 170 Å². The Morgan fingerprint density at radius 2 is 0.918 bits per heavy atom. The van der Waals surface area contributed by atoms with Crippen molar-refractivity contribution in [3.63, 3.8) is 0 Å². The van der Waals surface area contributed by atoms with Gasteiger partial charge in [0.15, 0.2) is 0 Å². The van der Waals surface area contributed by atoms with Crippen LogP contribution in [0.2, 0.25) is 19.6 Å². The average molecular weight is 648 g/mol. The standard InChI is InChI=1S/C46H37NOSi/c1-49(2,3)37-28-25-35(26-29-37)47(34-23-21-33(22-24-34)32-13-5-4-6-14-32)36-27-30-39-38-15-7-8-16-40(38)46(43(39)31-36)41-17-9-11-19-44(41)48-45-20-12-10-18-42(45)46/h4-31H,1-3H3. The number of para-hydroxylation sites is 2. The molecule has 1 aliphatic carbocycles. The minimum absolute atomic E-state index is 0.516. The van der Waals surface area contributed by atoms with E-state index in [1.54, 1.807) is 0 Å². The molecule has 7 aromatic rings. The third kappa shape index (κ3) is 4.61. The van der Waals surface area contributed by atoms with Gasteiger partial charge < -0.3 is 9.64 Å². The van der Waals surface area contributed by atoms with Gasteiger partial charge in [-0.1, -0.05) is 146 Å². The monoisotopic (exact) mass is 647 g/mol. The van der Waals surface area contributed by atoms with Crippen molar-refractivity contribution in [1.82, 2.24) is 0 Å². The molecule has 0 saturated carbocycles. The van der Waals surface area contributed by atoms with Crippen LogP contribution in [0, 0.1) is 0 Å². The van der Waals surface area contributed by atoms with Gasteiger partial charge in [-0.3, -0.25) is 0 Å². The molecule has 2 aliphatic rings. The van der Waals surface area contributed by atoms with Crippen LogP contribution in [0.5, 0.6) is 11.5 Å². The Labute approximate surface area is 289 Å². The van der Waals surface area contributed by atoms with Gasteiger partial charge in [-0.05, 0) is 81.9 Å². The maximum Gasteiger partial charge on any atom is 0.132 e. The number of rotatable bonds is 5. The van der Waals surface area contributed by atoms with Crippen molar-refractivity contribution in [2.24, 2.45) is 0 Å². The first-order chi connectivity index (χ1) is 23.9. The van der Waals surface area contributed by atoms with Gasteiger partial charge in [0, 0.05) is 28.2 Å². The van der Waals surface area contributed by atoms with Crippen LogP contribution >= 0.6 is 0 Å². The van der Waals surface area contributed by atoms with E-state index >= 15 is 0 Å². The second-order valence-electron chi connectivity index (χ2n) is 14.2. The summed E-state index contributed by atoms with van der Waals surface area (Å²) in [7, 11) is -1.47. The van der Waals surface area contributed by atoms with Gasteiger partial charge in [0.2, 0.25) is 0 Å². The Morgan fingerprint density at radius 3 is 1.55 bits per heavy atom. The van der Waals surface area contributed by atoms with Crippen LogP contribution in [0.3, 0.4) is 0 Å². The summed E-state index contributed by atoms with van der Waals surface area (Å²) in [6.07, 6.45) is 0. The quantitative estimate of drug-likeness (QED) is 0.172. The second kappa shape index (κ2) is 11.2. The van der Waals surface area contributed by atoms with Crippen molar-refractivity contribution in [2.75, 3.05) is 4.90 Å². The van der Waals surface area contributed by atoms with Crippen LogP contribution in [-0.2, 0) is 5.41 Å². The first-order valence-electron chi connectivity index (χ1n) is 17.1. The first kappa shape index (κ1) is 29.5. The van der Waals surface area contributed by atoms with E-state index in [1.165, 1.54) is 49.7 Å². The van der Waals surface area contributed by atoms with E-state index in [0.29, 0.717) is 0 Å². The van der Waals surface area contributed by atoms with E-state index in [-0.39, 0.29) is 0 Å². The molecule has 3 heteroatoms. The Hall–Kier alpha value is -5.64. The van der Waals surface area contributed by atoms with Crippen molar-refractivity contribution in [3.05, 3.63) is 192 Å². The topological polar surface area (TPSA) is 12.5 Å². The highest BCUT2D eigenvalue weighted by Gasteiger charge is 2.51. The Balaban J connectivity index is 1.28. The number of fused-ring (bicyclic) bond motifs is 9. The summed E-state index contributed by atoms with van der Waals surface area (Å²) >= 11 is 0. The molecule has 0 bridgehead atoms. The van der Waals surface area contributed by atoms with Crippen molar-refractivity contribution in [1.29, 1.82) is 0 Å². The molecule has 0 N–H and O–H groups in total. The summed E-state index contributed by atoms with van der Waals surface area (Å²) in [5.74, 6) is 1.81. The molecule has 9 rings (SSSR count). The molecule has 0 fully saturated rings. The zero-order valence-corrected chi connectivity index (χ0v) is 29.0. The van der Waals surface area contributed by atoms with Gasteiger partial charge >= 0.3 is 0 Å². The number of nitrogens with zero attached hydrogens (tertiary/aromatic N) is 1. The molecule has 0 atom stereocenters. The van der Waals surface area contributed by atoms with Crippen molar-refractivity contribution in [3.8, 4) is 33.8 Å². The van der Waals surface area contributed by atoms with E-state index in [4.69, 9.17) is 4.74 Å². The Morgan fingerprint density at radius 1 is 0.429 bits per heavy atom. The largest absolute Gasteiger partial charge is 0.457 e. The van der Waals surface area contributed by atoms with Gasteiger partial charge in [-0.2, -0.15) is 0 Å². The summed E-state index contributed by atoms with van der Waals surface area (Å²) in [6, 6.07) is 62.0. The summed E-state index contributed by atoms with van der Waals surface area (Å²) in [5, 5.41) is 1.45. The van der Waals surface area contributed by atoms with Gasteiger partial charge in [-0.25, -0.2) is 0 Å². The first-order valence-corrected chi connectivity index (χ1v) is 20.6. The molecule has 236 valence electrons. The van der Waals surface area contributed by atoms with Crippen LogP contribution in [0.1, 0.15) is 22.3 Å². The Kier molecular flexibility index (Phi) is 6.75. The minimum Gasteiger partial charge on any atom is -0.457 e. The minimum atomic E-state index is -1.47. The number of benzene rings is 7. The third-order valence-corrected chi connectivity index (χ3v) is 12.4. The number of ether oxygens (including phenoxy) is 1. The van der Waals surface area contributed by atoms with E-state index in [2.05, 4.69) is 194 Å². The van der Waals surface area contributed by atoms with Crippen LogP contribution in [0.25, 0.3) is 22.3 Å². The van der Waals surface area contributed by atoms with Gasteiger partial charge in [-0.15, -0.1) is 0 Å².